The maximum absolute atomic E-state index is 12.8. The number of hydrogen-bond acceptors (Lipinski definition) is 7. The highest BCUT2D eigenvalue weighted by Crippen LogP contribution is 2.23. The molecule has 1 aliphatic rings. The number of aliphatic carboxylic acids is 1. The molecule has 1 heterocycles. The molecule has 0 radical (unpaired) electrons. The van der Waals surface area contributed by atoms with E-state index in [0.717, 1.165) is 4.90 Å². The monoisotopic (exact) mass is 420 g/mol. The lowest BCUT2D eigenvalue weighted by Crippen LogP contribution is -2.56. The molecule has 10 nitrogen and oxygen atoms in total. The van der Waals surface area contributed by atoms with Crippen molar-refractivity contribution in [3.8, 4) is 0 Å². The van der Waals surface area contributed by atoms with Crippen LogP contribution in [0.4, 0.5) is 4.79 Å². The minimum atomic E-state index is -1.56. The number of imide groups is 1. The Morgan fingerprint density at radius 2 is 1.83 bits per heavy atom. The Bertz CT molecular complexity index is 831. The van der Waals surface area contributed by atoms with Gasteiger partial charge in [-0.25, -0.2) is 9.59 Å². The van der Waals surface area contributed by atoms with Crippen LogP contribution in [-0.2, 0) is 35.3 Å². The quantitative estimate of drug-likeness (QED) is 0.496. The van der Waals surface area contributed by atoms with Gasteiger partial charge >= 0.3 is 18.0 Å². The summed E-state index contributed by atoms with van der Waals surface area (Å²) in [5, 5.41) is 11.3. The number of carbonyl (C=O) groups excluding carboxylic acids is 4. The number of nitrogens with zero attached hydrogens (tertiary/aromatic N) is 1. The van der Waals surface area contributed by atoms with Gasteiger partial charge in [0.15, 0.2) is 6.10 Å². The predicted octanol–water partition coefficient (Wildman–Crippen LogP) is 1.23. The van der Waals surface area contributed by atoms with Gasteiger partial charge in [-0.15, -0.1) is 0 Å². The van der Waals surface area contributed by atoms with Crippen LogP contribution in [0, 0.1) is 0 Å². The normalized spacial score (nSPS) is 17.1. The van der Waals surface area contributed by atoms with E-state index in [2.05, 4.69) is 0 Å². The number of amides is 3. The number of benzene rings is 1. The summed E-state index contributed by atoms with van der Waals surface area (Å²) in [5.74, 6) is -3.87. The molecular weight excluding hydrogens is 396 g/mol. The van der Waals surface area contributed by atoms with E-state index in [0.29, 0.717) is 5.56 Å². The lowest BCUT2D eigenvalue weighted by Gasteiger charge is -2.39. The average Bonchev–Trinajstić information content (AvgIpc) is 2.95. The number of carboxylic acid groups (broad SMARTS) is 1. The van der Waals surface area contributed by atoms with Crippen LogP contribution in [0.15, 0.2) is 30.3 Å². The highest BCUT2D eigenvalue weighted by molar-refractivity contribution is 6.05. The molecule has 2 rings (SSSR count). The molecule has 1 saturated heterocycles. The van der Waals surface area contributed by atoms with Crippen molar-refractivity contribution in [1.82, 2.24) is 10.2 Å². The van der Waals surface area contributed by atoms with Crippen LogP contribution in [0.1, 0.15) is 39.2 Å². The highest BCUT2D eigenvalue weighted by Gasteiger charge is 2.43. The Morgan fingerprint density at radius 3 is 2.33 bits per heavy atom. The van der Waals surface area contributed by atoms with Gasteiger partial charge in [0.05, 0.1) is 12.8 Å². The molecule has 10 heteroatoms. The van der Waals surface area contributed by atoms with Gasteiger partial charge < -0.3 is 14.6 Å². The van der Waals surface area contributed by atoms with Crippen LogP contribution in [0.2, 0.25) is 0 Å². The fourth-order valence-electron chi connectivity index (χ4n) is 2.95. The van der Waals surface area contributed by atoms with E-state index in [-0.39, 0.29) is 13.0 Å². The van der Waals surface area contributed by atoms with Gasteiger partial charge in [0, 0.05) is 5.54 Å². The first-order chi connectivity index (χ1) is 14.0. The van der Waals surface area contributed by atoms with Gasteiger partial charge in [0.1, 0.15) is 12.6 Å². The molecule has 1 aromatic rings. The van der Waals surface area contributed by atoms with Crippen molar-refractivity contribution in [1.29, 1.82) is 0 Å². The van der Waals surface area contributed by atoms with Crippen molar-refractivity contribution in [2.45, 2.75) is 57.9 Å². The molecular formula is C20H24N2O8. The summed E-state index contributed by atoms with van der Waals surface area (Å²) >= 11 is 0. The molecule has 0 spiro atoms. The van der Waals surface area contributed by atoms with E-state index in [1.807, 2.05) is 5.32 Å². The average molecular weight is 420 g/mol. The van der Waals surface area contributed by atoms with E-state index < -0.39 is 54.0 Å². The number of esters is 1. The molecule has 0 bridgehead atoms. The Hall–Kier alpha value is -3.43. The summed E-state index contributed by atoms with van der Waals surface area (Å²) in [5.41, 5.74) is -0.307. The van der Waals surface area contributed by atoms with Gasteiger partial charge in [0.25, 0.3) is 5.91 Å². The topological polar surface area (TPSA) is 139 Å². The molecule has 1 aromatic carbocycles. The first kappa shape index (κ1) is 22.9. The first-order valence-corrected chi connectivity index (χ1v) is 9.25. The van der Waals surface area contributed by atoms with Gasteiger partial charge in [-0.1, -0.05) is 30.3 Å². The summed E-state index contributed by atoms with van der Waals surface area (Å²) in [7, 11) is 0. The van der Waals surface area contributed by atoms with Crippen molar-refractivity contribution in [3.05, 3.63) is 35.9 Å². The van der Waals surface area contributed by atoms with Gasteiger partial charge in [-0.05, 0) is 26.3 Å². The van der Waals surface area contributed by atoms with Crippen LogP contribution in [0.5, 0.6) is 0 Å². The molecule has 2 atom stereocenters. The van der Waals surface area contributed by atoms with Crippen LogP contribution in [-0.4, -0.2) is 57.5 Å². The summed E-state index contributed by atoms with van der Waals surface area (Å²) in [6.07, 6.45) is -3.41. The standard InChI is InChI=1S/C20H24N2O8/c1-20(2,3)22(19(28)29-11-12-7-5-4-6-8-12)13(9-16(24)25)18(27)30-14-10-15(23)21-17(14)26/h4-8,13-14H,9-11H2,1-3H3,(H,24,25)(H,21,23,26)/t13-,14+/m0/s1. The van der Waals surface area contributed by atoms with Crippen molar-refractivity contribution in [2.24, 2.45) is 0 Å². The van der Waals surface area contributed by atoms with Gasteiger partial charge in [0.2, 0.25) is 5.91 Å². The van der Waals surface area contributed by atoms with Crippen molar-refractivity contribution in [3.63, 3.8) is 0 Å². The van der Waals surface area contributed by atoms with Gasteiger partial charge in [-0.2, -0.15) is 0 Å². The Kier molecular flexibility index (Phi) is 7.14. The third-order valence-corrected chi connectivity index (χ3v) is 4.26. The second-order valence-corrected chi connectivity index (χ2v) is 7.74. The number of ether oxygens (including phenoxy) is 2. The zero-order valence-corrected chi connectivity index (χ0v) is 16.9. The predicted molar refractivity (Wildman–Crippen MR) is 102 cm³/mol. The minimum absolute atomic E-state index is 0.0827. The molecule has 2 N–H and O–H groups in total. The number of hydrogen-bond donors (Lipinski definition) is 2. The van der Waals surface area contributed by atoms with Gasteiger partial charge in [-0.3, -0.25) is 24.6 Å². The summed E-state index contributed by atoms with van der Waals surface area (Å²) in [6.45, 7) is 4.72. The Morgan fingerprint density at radius 1 is 1.20 bits per heavy atom. The second-order valence-electron chi connectivity index (χ2n) is 7.74. The molecule has 30 heavy (non-hydrogen) atoms. The zero-order valence-electron chi connectivity index (χ0n) is 16.9. The van der Waals surface area contributed by atoms with E-state index >= 15 is 0 Å². The Balaban J connectivity index is 2.22. The number of carbonyl (C=O) groups is 5. The third-order valence-electron chi connectivity index (χ3n) is 4.26. The molecule has 0 saturated carbocycles. The van der Waals surface area contributed by atoms with E-state index in [1.165, 1.54) is 0 Å². The molecule has 1 fully saturated rings. The number of nitrogens with one attached hydrogen (secondary N) is 1. The van der Waals surface area contributed by atoms with E-state index in [9.17, 15) is 29.1 Å². The van der Waals surface area contributed by atoms with Crippen LogP contribution in [0.3, 0.4) is 0 Å². The molecule has 1 aliphatic heterocycles. The fourth-order valence-corrected chi connectivity index (χ4v) is 2.95. The van der Waals surface area contributed by atoms with Crippen LogP contribution >= 0.6 is 0 Å². The Labute approximate surface area is 173 Å². The molecule has 0 unspecified atom stereocenters. The van der Waals surface area contributed by atoms with Crippen molar-refractivity contribution >= 4 is 29.8 Å². The second kappa shape index (κ2) is 9.38. The lowest BCUT2D eigenvalue weighted by molar-refractivity contribution is -0.163. The molecule has 0 aromatic heterocycles. The van der Waals surface area contributed by atoms with Crippen molar-refractivity contribution < 1.29 is 38.6 Å². The van der Waals surface area contributed by atoms with Crippen LogP contribution in [0.25, 0.3) is 0 Å². The zero-order chi connectivity index (χ0) is 22.5. The van der Waals surface area contributed by atoms with Crippen LogP contribution < -0.4 is 5.32 Å². The maximum Gasteiger partial charge on any atom is 0.411 e. The highest BCUT2D eigenvalue weighted by atomic mass is 16.6. The molecule has 3 amide bonds. The summed E-state index contributed by atoms with van der Waals surface area (Å²) < 4.78 is 10.4. The first-order valence-electron chi connectivity index (χ1n) is 9.25. The van der Waals surface area contributed by atoms with Crippen molar-refractivity contribution in [2.75, 3.05) is 0 Å². The summed E-state index contributed by atoms with van der Waals surface area (Å²) in [6, 6.07) is 7.26. The summed E-state index contributed by atoms with van der Waals surface area (Å²) in [4.78, 5) is 60.9. The minimum Gasteiger partial charge on any atom is -0.481 e. The maximum atomic E-state index is 12.8. The largest absolute Gasteiger partial charge is 0.481 e. The molecule has 0 aliphatic carbocycles. The fraction of sp³-hybridized carbons (Fsp3) is 0.450. The lowest BCUT2D eigenvalue weighted by atomic mass is 10.0. The molecule has 162 valence electrons. The number of carboxylic acids is 1. The van der Waals surface area contributed by atoms with E-state index in [4.69, 9.17) is 9.47 Å². The number of rotatable bonds is 7. The smallest absolute Gasteiger partial charge is 0.411 e. The van der Waals surface area contributed by atoms with E-state index in [1.54, 1.807) is 51.1 Å². The SMILES string of the molecule is CC(C)(C)N(C(=O)OCc1ccccc1)[C@@H](CC(=O)O)C(=O)O[C@@H]1CC(=O)NC1=O. The third kappa shape index (κ3) is 6.03.